The maximum atomic E-state index is 11.9. The molecule has 2 aromatic rings. The molecule has 0 radical (unpaired) electrons. The van der Waals surface area contributed by atoms with Gasteiger partial charge in [0.05, 0.1) is 5.69 Å². The molecule has 0 spiro atoms. The van der Waals surface area contributed by atoms with E-state index < -0.39 is 0 Å². The van der Waals surface area contributed by atoms with Crippen molar-refractivity contribution in [1.29, 1.82) is 0 Å². The molecular formula is C12H15N5O. The number of aromatic nitrogens is 4. The Morgan fingerprint density at radius 1 is 1.28 bits per heavy atom. The number of fused-ring (bicyclic) bond motifs is 3. The molecule has 0 unspecified atom stereocenters. The highest BCUT2D eigenvalue weighted by Crippen LogP contribution is 2.27. The van der Waals surface area contributed by atoms with Crippen LogP contribution in [0.3, 0.4) is 0 Å². The van der Waals surface area contributed by atoms with E-state index in [9.17, 15) is 4.79 Å². The monoisotopic (exact) mass is 245 g/mol. The fourth-order valence-electron chi connectivity index (χ4n) is 2.63. The first kappa shape index (κ1) is 10.1. The highest BCUT2D eigenvalue weighted by molar-refractivity contribution is 5.55. The SMILES string of the molecule is O=c1[nH]nc2c3c(nc(NC4CC4)n12)CCCC3. The maximum absolute atomic E-state index is 11.9. The minimum atomic E-state index is -0.200. The molecule has 0 atom stereocenters. The van der Waals surface area contributed by atoms with Crippen molar-refractivity contribution in [3.05, 3.63) is 21.7 Å². The van der Waals surface area contributed by atoms with Crippen LogP contribution in [-0.2, 0) is 12.8 Å². The van der Waals surface area contributed by atoms with E-state index in [1.807, 2.05) is 0 Å². The number of aromatic amines is 1. The molecule has 1 fully saturated rings. The number of anilines is 1. The number of nitrogens with one attached hydrogen (secondary N) is 2. The van der Waals surface area contributed by atoms with Gasteiger partial charge in [0.1, 0.15) is 0 Å². The molecule has 0 amide bonds. The van der Waals surface area contributed by atoms with Crippen LogP contribution in [0.15, 0.2) is 4.79 Å². The van der Waals surface area contributed by atoms with Crippen molar-refractivity contribution in [2.45, 2.75) is 44.6 Å². The van der Waals surface area contributed by atoms with Gasteiger partial charge in [-0.2, -0.15) is 5.10 Å². The van der Waals surface area contributed by atoms with E-state index in [2.05, 4.69) is 20.5 Å². The lowest BCUT2D eigenvalue weighted by Gasteiger charge is -2.17. The van der Waals surface area contributed by atoms with E-state index in [0.717, 1.165) is 49.0 Å². The van der Waals surface area contributed by atoms with Crippen molar-refractivity contribution in [1.82, 2.24) is 19.6 Å². The largest absolute Gasteiger partial charge is 0.352 e. The van der Waals surface area contributed by atoms with Crippen LogP contribution in [-0.4, -0.2) is 25.6 Å². The molecule has 2 aromatic heterocycles. The Labute approximate surface area is 103 Å². The van der Waals surface area contributed by atoms with Crippen molar-refractivity contribution in [2.24, 2.45) is 0 Å². The third kappa shape index (κ3) is 1.45. The lowest BCUT2D eigenvalue weighted by molar-refractivity contribution is 0.664. The normalized spacial score (nSPS) is 18.9. The quantitative estimate of drug-likeness (QED) is 0.823. The lowest BCUT2D eigenvalue weighted by Crippen LogP contribution is -2.20. The molecule has 2 heterocycles. The second kappa shape index (κ2) is 3.57. The van der Waals surface area contributed by atoms with Gasteiger partial charge in [-0.1, -0.05) is 0 Å². The molecule has 0 saturated heterocycles. The summed E-state index contributed by atoms with van der Waals surface area (Å²) in [4.78, 5) is 16.5. The molecule has 18 heavy (non-hydrogen) atoms. The lowest BCUT2D eigenvalue weighted by atomic mass is 9.97. The van der Waals surface area contributed by atoms with E-state index in [1.54, 1.807) is 4.40 Å². The van der Waals surface area contributed by atoms with Gasteiger partial charge in [0.2, 0.25) is 5.95 Å². The Morgan fingerprint density at radius 2 is 2.11 bits per heavy atom. The van der Waals surface area contributed by atoms with Gasteiger partial charge in [-0.05, 0) is 38.5 Å². The van der Waals surface area contributed by atoms with Gasteiger partial charge in [0, 0.05) is 11.6 Å². The molecule has 6 heteroatoms. The Bertz CT molecular complexity index is 667. The van der Waals surface area contributed by atoms with Crippen molar-refractivity contribution in [3.8, 4) is 0 Å². The third-order valence-electron chi connectivity index (χ3n) is 3.74. The van der Waals surface area contributed by atoms with Gasteiger partial charge in [0.25, 0.3) is 0 Å². The first-order chi connectivity index (χ1) is 8.83. The van der Waals surface area contributed by atoms with E-state index >= 15 is 0 Å². The zero-order valence-electron chi connectivity index (χ0n) is 10.1. The maximum Gasteiger partial charge on any atom is 0.350 e. The highest BCUT2D eigenvalue weighted by Gasteiger charge is 2.25. The summed E-state index contributed by atoms with van der Waals surface area (Å²) in [5, 5.41) is 10.0. The van der Waals surface area contributed by atoms with Gasteiger partial charge in [-0.25, -0.2) is 19.3 Å². The summed E-state index contributed by atoms with van der Waals surface area (Å²) in [6.45, 7) is 0. The number of hydrogen-bond acceptors (Lipinski definition) is 4. The van der Waals surface area contributed by atoms with Crippen LogP contribution in [0, 0.1) is 0 Å². The van der Waals surface area contributed by atoms with Gasteiger partial charge in [-0.3, -0.25) is 0 Å². The van der Waals surface area contributed by atoms with E-state index in [4.69, 9.17) is 0 Å². The molecule has 0 aromatic carbocycles. The topological polar surface area (TPSA) is 75.1 Å². The summed E-state index contributed by atoms with van der Waals surface area (Å²) in [7, 11) is 0. The van der Waals surface area contributed by atoms with Crippen LogP contribution in [0.25, 0.3) is 5.65 Å². The molecule has 94 valence electrons. The Morgan fingerprint density at radius 3 is 2.94 bits per heavy atom. The minimum absolute atomic E-state index is 0.200. The molecule has 0 aliphatic heterocycles. The molecular weight excluding hydrogens is 230 g/mol. The fraction of sp³-hybridized carbons (Fsp3) is 0.583. The van der Waals surface area contributed by atoms with Crippen LogP contribution in [0.2, 0.25) is 0 Å². The minimum Gasteiger partial charge on any atom is -0.352 e. The standard InChI is InChI=1S/C12H15N5O/c18-12-16-15-10-8-3-1-2-4-9(8)14-11(17(10)12)13-7-5-6-7/h7H,1-6H2,(H,13,14)(H,16,18). The summed E-state index contributed by atoms with van der Waals surface area (Å²) in [5.74, 6) is 0.659. The van der Waals surface area contributed by atoms with Crippen molar-refractivity contribution >= 4 is 11.6 Å². The van der Waals surface area contributed by atoms with Gasteiger partial charge in [-0.15, -0.1) is 0 Å². The third-order valence-corrected chi connectivity index (χ3v) is 3.74. The summed E-state index contributed by atoms with van der Waals surface area (Å²) in [6.07, 6.45) is 6.61. The zero-order valence-corrected chi connectivity index (χ0v) is 10.1. The van der Waals surface area contributed by atoms with Crippen LogP contribution in [0.1, 0.15) is 36.9 Å². The van der Waals surface area contributed by atoms with Crippen LogP contribution in [0.4, 0.5) is 5.95 Å². The summed E-state index contributed by atoms with van der Waals surface area (Å²) in [6, 6.07) is 0.476. The van der Waals surface area contributed by atoms with Crippen LogP contribution in [0.5, 0.6) is 0 Å². The number of hydrogen-bond donors (Lipinski definition) is 2. The Hall–Kier alpha value is -1.85. The predicted octanol–water partition coefficient (Wildman–Crippen LogP) is 0.871. The average molecular weight is 245 g/mol. The van der Waals surface area contributed by atoms with Gasteiger partial charge >= 0.3 is 5.69 Å². The van der Waals surface area contributed by atoms with Crippen molar-refractivity contribution in [3.63, 3.8) is 0 Å². The second-order valence-corrected chi connectivity index (χ2v) is 5.17. The molecule has 2 aliphatic rings. The molecule has 0 bridgehead atoms. The molecule has 4 rings (SSSR count). The number of H-pyrrole nitrogens is 1. The van der Waals surface area contributed by atoms with Gasteiger partial charge < -0.3 is 5.32 Å². The van der Waals surface area contributed by atoms with Crippen molar-refractivity contribution < 1.29 is 0 Å². The van der Waals surface area contributed by atoms with E-state index in [1.165, 1.54) is 6.42 Å². The molecule has 1 saturated carbocycles. The predicted molar refractivity (Wildman–Crippen MR) is 66.9 cm³/mol. The first-order valence-corrected chi connectivity index (χ1v) is 6.58. The second-order valence-electron chi connectivity index (χ2n) is 5.17. The Balaban J connectivity index is 1.97. The summed E-state index contributed by atoms with van der Waals surface area (Å²) in [5.41, 5.74) is 2.80. The van der Waals surface area contributed by atoms with Crippen molar-refractivity contribution in [2.75, 3.05) is 5.32 Å². The average Bonchev–Trinajstić information content (AvgIpc) is 3.11. The van der Waals surface area contributed by atoms with Crippen LogP contribution >= 0.6 is 0 Å². The number of rotatable bonds is 2. The van der Waals surface area contributed by atoms with E-state index in [0.29, 0.717) is 12.0 Å². The summed E-state index contributed by atoms with van der Waals surface area (Å²) < 4.78 is 1.59. The molecule has 2 aliphatic carbocycles. The fourth-order valence-corrected chi connectivity index (χ4v) is 2.63. The number of nitrogens with zero attached hydrogens (tertiary/aromatic N) is 3. The highest BCUT2D eigenvalue weighted by atomic mass is 16.1. The first-order valence-electron chi connectivity index (χ1n) is 6.58. The summed E-state index contributed by atoms with van der Waals surface area (Å²) >= 11 is 0. The Kier molecular flexibility index (Phi) is 2.00. The smallest absolute Gasteiger partial charge is 0.350 e. The zero-order chi connectivity index (χ0) is 12.1. The van der Waals surface area contributed by atoms with E-state index in [-0.39, 0.29) is 5.69 Å². The van der Waals surface area contributed by atoms with Gasteiger partial charge in [0.15, 0.2) is 5.65 Å². The van der Waals surface area contributed by atoms with Crippen LogP contribution < -0.4 is 11.0 Å². The number of aryl methyl sites for hydroxylation is 2. The molecule has 6 nitrogen and oxygen atoms in total. The molecule has 2 N–H and O–H groups in total.